The normalized spacial score (nSPS) is 28.3. The molecule has 1 aliphatic carbocycles. The Bertz CT molecular complexity index is 233. The lowest BCUT2D eigenvalue weighted by atomic mass is 9.76. The van der Waals surface area contributed by atoms with Crippen LogP contribution in [0.25, 0.3) is 0 Å². The van der Waals surface area contributed by atoms with E-state index in [2.05, 4.69) is 19.9 Å². The van der Waals surface area contributed by atoms with Gasteiger partial charge in [0.25, 0.3) is 0 Å². The minimum atomic E-state index is -2.16. The summed E-state index contributed by atoms with van der Waals surface area (Å²) in [5, 5.41) is 0. The van der Waals surface area contributed by atoms with Crippen molar-refractivity contribution in [2.75, 3.05) is 0 Å². The van der Waals surface area contributed by atoms with Crippen LogP contribution >= 0.6 is 0 Å². The van der Waals surface area contributed by atoms with E-state index in [-0.39, 0.29) is 5.41 Å². The molecule has 1 unspecified atom stereocenters. The van der Waals surface area contributed by atoms with E-state index in [1.807, 2.05) is 6.92 Å². The molecular weight excluding hydrogens is 194 g/mol. The molecule has 0 N–H and O–H groups in total. The maximum absolute atomic E-state index is 12.7. The molecule has 0 bridgehead atoms. The first-order valence-electron chi connectivity index (χ1n) is 5.99. The van der Waals surface area contributed by atoms with Crippen LogP contribution in [-0.4, -0.2) is 6.43 Å². The second kappa shape index (κ2) is 5.09. The molecule has 0 spiro atoms. The van der Waals surface area contributed by atoms with Crippen LogP contribution in [0.2, 0.25) is 0 Å². The smallest absolute Gasteiger partial charge is 0.210 e. The Morgan fingerprint density at radius 1 is 1.40 bits per heavy atom. The van der Waals surface area contributed by atoms with Crippen LogP contribution in [0.4, 0.5) is 8.78 Å². The number of alkyl halides is 2. The molecular formula is C13H22F2. The minimum absolute atomic E-state index is 0.0706. The van der Waals surface area contributed by atoms with Gasteiger partial charge in [0.1, 0.15) is 0 Å². The first-order chi connectivity index (χ1) is 7.03. The monoisotopic (exact) mass is 216 g/mol. The zero-order valence-corrected chi connectivity index (χ0v) is 10.0. The molecule has 0 heterocycles. The number of hydrogen-bond acceptors (Lipinski definition) is 0. The van der Waals surface area contributed by atoms with Gasteiger partial charge in [0.05, 0.1) is 0 Å². The molecule has 2 heteroatoms. The van der Waals surface area contributed by atoms with Crippen molar-refractivity contribution in [1.82, 2.24) is 0 Å². The third-order valence-corrected chi connectivity index (χ3v) is 3.82. The molecule has 0 saturated carbocycles. The number of rotatable bonds is 5. The molecule has 0 aromatic rings. The van der Waals surface area contributed by atoms with Crippen molar-refractivity contribution < 1.29 is 8.78 Å². The molecule has 0 fully saturated rings. The summed E-state index contributed by atoms with van der Waals surface area (Å²) >= 11 is 0. The average Bonchev–Trinajstić information content (AvgIpc) is 2.57. The summed E-state index contributed by atoms with van der Waals surface area (Å²) < 4.78 is 25.5. The highest BCUT2D eigenvalue weighted by Gasteiger charge is 2.34. The maximum Gasteiger partial charge on any atom is 0.241 e. The van der Waals surface area contributed by atoms with Crippen LogP contribution in [-0.2, 0) is 0 Å². The Kier molecular flexibility index (Phi) is 4.30. The molecule has 88 valence electrons. The Balaban J connectivity index is 2.68. The van der Waals surface area contributed by atoms with Gasteiger partial charge < -0.3 is 0 Å². The summed E-state index contributed by atoms with van der Waals surface area (Å²) in [6.07, 6.45) is 4.49. The second-order valence-corrected chi connectivity index (χ2v) is 4.91. The lowest BCUT2D eigenvalue weighted by Crippen LogP contribution is -2.23. The fourth-order valence-corrected chi connectivity index (χ4v) is 2.63. The molecule has 1 rings (SSSR count). The van der Waals surface area contributed by atoms with Crippen molar-refractivity contribution in [2.45, 2.75) is 59.3 Å². The van der Waals surface area contributed by atoms with E-state index in [1.54, 1.807) is 0 Å². The Morgan fingerprint density at radius 3 is 2.40 bits per heavy atom. The Hall–Kier alpha value is -0.400. The fraction of sp³-hybridized carbons (Fsp3) is 0.846. The summed E-state index contributed by atoms with van der Waals surface area (Å²) in [6, 6.07) is 0. The largest absolute Gasteiger partial charge is 0.241 e. The van der Waals surface area contributed by atoms with E-state index in [1.165, 1.54) is 5.57 Å². The number of halogens is 2. The molecule has 2 atom stereocenters. The third kappa shape index (κ3) is 3.02. The van der Waals surface area contributed by atoms with E-state index in [4.69, 9.17) is 0 Å². The van der Waals surface area contributed by atoms with Crippen molar-refractivity contribution in [1.29, 1.82) is 0 Å². The predicted molar refractivity (Wildman–Crippen MR) is 60.1 cm³/mol. The zero-order chi connectivity index (χ0) is 11.5. The van der Waals surface area contributed by atoms with Gasteiger partial charge in [-0.05, 0) is 44.4 Å². The van der Waals surface area contributed by atoms with Crippen LogP contribution < -0.4 is 0 Å². The molecule has 0 aromatic heterocycles. The quantitative estimate of drug-likeness (QED) is 0.579. The van der Waals surface area contributed by atoms with Gasteiger partial charge in [-0.15, -0.1) is 0 Å². The lowest BCUT2D eigenvalue weighted by molar-refractivity contribution is 0.0492. The molecule has 0 aromatic carbocycles. The highest BCUT2D eigenvalue weighted by atomic mass is 19.3. The van der Waals surface area contributed by atoms with Gasteiger partial charge in [-0.25, -0.2) is 8.78 Å². The van der Waals surface area contributed by atoms with Gasteiger partial charge in [-0.3, -0.25) is 0 Å². The van der Waals surface area contributed by atoms with E-state index < -0.39 is 12.3 Å². The van der Waals surface area contributed by atoms with Crippen LogP contribution in [0.5, 0.6) is 0 Å². The van der Waals surface area contributed by atoms with E-state index >= 15 is 0 Å². The standard InChI is InChI=1S/C13H22F2/c1-4-11(12(14)15)9-13(5-2)7-6-10(3)8-13/h8,11-12H,4-7,9H2,1-3H3/t11-,13?/m0/s1. The van der Waals surface area contributed by atoms with Crippen molar-refractivity contribution in [2.24, 2.45) is 11.3 Å². The summed E-state index contributed by atoms with van der Waals surface area (Å²) in [4.78, 5) is 0. The van der Waals surface area contributed by atoms with Crippen LogP contribution in [0.1, 0.15) is 52.9 Å². The van der Waals surface area contributed by atoms with Crippen LogP contribution in [0, 0.1) is 11.3 Å². The summed E-state index contributed by atoms with van der Waals surface area (Å²) in [6.45, 7) is 6.10. The zero-order valence-electron chi connectivity index (χ0n) is 10.0. The molecule has 0 saturated heterocycles. The highest BCUT2D eigenvalue weighted by molar-refractivity contribution is 5.15. The van der Waals surface area contributed by atoms with Gasteiger partial charge in [0, 0.05) is 5.92 Å². The SMILES string of the molecule is CC[C@@H](CC1(CC)C=C(C)CC1)C(F)F. The first kappa shape index (κ1) is 12.7. The molecule has 0 nitrogen and oxygen atoms in total. The van der Waals surface area contributed by atoms with Crippen molar-refractivity contribution in [3.05, 3.63) is 11.6 Å². The Morgan fingerprint density at radius 2 is 2.07 bits per heavy atom. The van der Waals surface area contributed by atoms with Crippen molar-refractivity contribution in [3.63, 3.8) is 0 Å². The van der Waals surface area contributed by atoms with E-state index in [0.29, 0.717) is 12.8 Å². The van der Waals surface area contributed by atoms with Crippen LogP contribution in [0.15, 0.2) is 11.6 Å². The molecule has 0 amide bonds. The highest BCUT2D eigenvalue weighted by Crippen LogP contribution is 2.45. The topological polar surface area (TPSA) is 0 Å². The lowest BCUT2D eigenvalue weighted by Gasteiger charge is -2.30. The predicted octanol–water partition coefficient (Wildman–Crippen LogP) is 4.80. The summed E-state index contributed by atoms with van der Waals surface area (Å²) in [5.74, 6) is -0.424. The van der Waals surface area contributed by atoms with Crippen LogP contribution in [0.3, 0.4) is 0 Å². The molecule has 15 heavy (non-hydrogen) atoms. The van der Waals surface area contributed by atoms with Gasteiger partial charge in [0.15, 0.2) is 0 Å². The van der Waals surface area contributed by atoms with Gasteiger partial charge >= 0.3 is 0 Å². The molecule has 0 radical (unpaired) electrons. The first-order valence-corrected chi connectivity index (χ1v) is 5.99. The van der Waals surface area contributed by atoms with Crippen molar-refractivity contribution >= 4 is 0 Å². The van der Waals surface area contributed by atoms with E-state index in [9.17, 15) is 8.78 Å². The Labute approximate surface area is 91.8 Å². The maximum atomic E-state index is 12.7. The second-order valence-electron chi connectivity index (χ2n) is 4.91. The van der Waals surface area contributed by atoms with Gasteiger partial charge in [0.2, 0.25) is 6.43 Å². The van der Waals surface area contributed by atoms with Gasteiger partial charge in [-0.2, -0.15) is 0 Å². The minimum Gasteiger partial charge on any atom is -0.210 e. The summed E-state index contributed by atoms with van der Waals surface area (Å²) in [7, 11) is 0. The molecule has 1 aliphatic rings. The number of allylic oxidation sites excluding steroid dienone is 2. The number of hydrogen-bond donors (Lipinski definition) is 0. The fourth-order valence-electron chi connectivity index (χ4n) is 2.63. The molecule has 0 aliphatic heterocycles. The third-order valence-electron chi connectivity index (χ3n) is 3.82. The van der Waals surface area contributed by atoms with Gasteiger partial charge in [-0.1, -0.05) is 25.5 Å². The average molecular weight is 216 g/mol. The van der Waals surface area contributed by atoms with Crippen molar-refractivity contribution in [3.8, 4) is 0 Å². The summed E-state index contributed by atoms with van der Waals surface area (Å²) in [5.41, 5.74) is 1.45. The van der Waals surface area contributed by atoms with E-state index in [0.717, 1.165) is 19.3 Å².